The van der Waals surface area contributed by atoms with Crippen molar-refractivity contribution in [3.05, 3.63) is 23.9 Å². The molecule has 1 aromatic heterocycles. The molecular formula is C17H27N3O. The van der Waals surface area contributed by atoms with E-state index in [1.165, 1.54) is 57.2 Å². The third kappa shape index (κ3) is 3.74. The highest BCUT2D eigenvalue weighted by atomic mass is 16.5. The van der Waals surface area contributed by atoms with Crippen molar-refractivity contribution < 1.29 is 4.74 Å². The highest BCUT2D eigenvalue weighted by molar-refractivity contribution is 5.17. The number of pyridine rings is 1. The fraction of sp³-hybridized carbons (Fsp3) is 0.706. The summed E-state index contributed by atoms with van der Waals surface area (Å²) in [6, 6.07) is 4.10. The molecule has 1 spiro atoms. The van der Waals surface area contributed by atoms with Gasteiger partial charge in [0.15, 0.2) is 0 Å². The van der Waals surface area contributed by atoms with E-state index in [4.69, 9.17) is 4.74 Å². The number of hydrogen-bond donors (Lipinski definition) is 1. The zero-order valence-corrected chi connectivity index (χ0v) is 13.1. The number of aromatic nitrogens is 1. The summed E-state index contributed by atoms with van der Waals surface area (Å²) in [5, 5.41) is 3.85. The van der Waals surface area contributed by atoms with Gasteiger partial charge < -0.3 is 10.1 Å². The highest BCUT2D eigenvalue weighted by Gasteiger charge is 2.34. The molecule has 2 heterocycles. The van der Waals surface area contributed by atoms with Crippen LogP contribution >= 0.6 is 0 Å². The molecule has 1 N–H and O–H groups in total. The molecule has 1 saturated heterocycles. The Balaban J connectivity index is 1.65. The van der Waals surface area contributed by atoms with Gasteiger partial charge in [-0.1, -0.05) is 25.3 Å². The standard InChI is InChI=1S/C17H27N3O/c1-21-16-7-6-15(12-18-16)13-20-11-5-10-19-17(14-20)8-3-2-4-9-17/h6-7,12,19H,2-5,8-11,13-14H2,1H3. The molecule has 0 atom stereocenters. The summed E-state index contributed by atoms with van der Waals surface area (Å²) in [5.74, 6) is 0.694. The molecule has 0 unspecified atom stereocenters. The van der Waals surface area contributed by atoms with E-state index in [1.54, 1.807) is 7.11 Å². The maximum Gasteiger partial charge on any atom is 0.212 e. The van der Waals surface area contributed by atoms with E-state index in [0.717, 1.165) is 13.1 Å². The summed E-state index contributed by atoms with van der Waals surface area (Å²) >= 11 is 0. The van der Waals surface area contributed by atoms with Gasteiger partial charge in [-0.15, -0.1) is 0 Å². The van der Waals surface area contributed by atoms with Gasteiger partial charge in [-0.2, -0.15) is 0 Å². The lowest BCUT2D eigenvalue weighted by atomic mass is 9.81. The number of rotatable bonds is 3. The SMILES string of the molecule is COc1ccc(CN2CCCNC3(CCCCC3)C2)cn1. The Morgan fingerprint density at radius 1 is 1.24 bits per heavy atom. The molecule has 0 radical (unpaired) electrons. The number of nitrogens with zero attached hydrogens (tertiary/aromatic N) is 2. The quantitative estimate of drug-likeness (QED) is 0.928. The van der Waals surface area contributed by atoms with Crippen molar-refractivity contribution in [3.63, 3.8) is 0 Å². The zero-order valence-electron chi connectivity index (χ0n) is 13.1. The monoisotopic (exact) mass is 289 g/mol. The van der Waals surface area contributed by atoms with Gasteiger partial charge in [0.25, 0.3) is 0 Å². The van der Waals surface area contributed by atoms with Crippen LogP contribution in [0.15, 0.2) is 18.3 Å². The fourth-order valence-electron chi connectivity index (χ4n) is 3.80. The molecular weight excluding hydrogens is 262 g/mol. The van der Waals surface area contributed by atoms with Gasteiger partial charge in [0.05, 0.1) is 7.11 Å². The van der Waals surface area contributed by atoms with Crippen molar-refractivity contribution in [3.8, 4) is 5.88 Å². The maximum absolute atomic E-state index is 5.13. The van der Waals surface area contributed by atoms with Crippen LogP contribution in [0.1, 0.15) is 44.1 Å². The van der Waals surface area contributed by atoms with Gasteiger partial charge in [-0.25, -0.2) is 4.98 Å². The van der Waals surface area contributed by atoms with E-state index in [0.29, 0.717) is 11.4 Å². The first-order valence-corrected chi connectivity index (χ1v) is 8.26. The summed E-state index contributed by atoms with van der Waals surface area (Å²) in [4.78, 5) is 6.93. The molecule has 21 heavy (non-hydrogen) atoms. The minimum atomic E-state index is 0.370. The molecule has 0 bridgehead atoms. The molecule has 0 aromatic carbocycles. The number of ether oxygens (including phenoxy) is 1. The van der Waals surface area contributed by atoms with Gasteiger partial charge in [0.2, 0.25) is 5.88 Å². The molecule has 4 heteroatoms. The predicted molar refractivity (Wildman–Crippen MR) is 84.5 cm³/mol. The van der Waals surface area contributed by atoms with Crippen LogP contribution in [0.25, 0.3) is 0 Å². The van der Waals surface area contributed by atoms with Crippen LogP contribution in [-0.4, -0.2) is 42.2 Å². The van der Waals surface area contributed by atoms with E-state index in [-0.39, 0.29) is 0 Å². The van der Waals surface area contributed by atoms with Crippen LogP contribution in [0.4, 0.5) is 0 Å². The Bertz CT molecular complexity index is 440. The zero-order chi connectivity index (χ0) is 14.5. The van der Waals surface area contributed by atoms with Gasteiger partial charge in [0, 0.05) is 30.9 Å². The Morgan fingerprint density at radius 3 is 2.81 bits per heavy atom. The van der Waals surface area contributed by atoms with Crippen LogP contribution < -0.4 is 10.1 Å². The van der Waals surface area contributed by atoms with Gasteiger partial charge in [0.1, 0.15) is 0 Å². The summed E-state index contributed by atoms with van der Waals surface area (Å²) in [7, 11) is 1.66. The van der Waals surface area contributed by atoms with Crippen molar-refractivity contribution in [2.45, 2.75) is 50.6 Å². The average molecular weight is 289 g/mol. The first-order chi connectivity index (χ1) is 10.3. The molecule has 2 fully saturated rings. The molecule has 1 saturated carbocycles. The van der Waals surface area contributed by atoms with Crippen molar-refractivity contribution in [1.29, 1.82) is 0 Å². The second-order valence-corrected chi connectivity index (χ2v) is 6.54. The van der Waals surface area contributed by atoms with Gasteiger partial charge >= 0.3 is 0 Å². The van der Waals surface area contributed by atoms with Crippen molar-refractivity contribution in [1.82, 2.24) is 15.2 Å². The number of methoxy groups -OCH3 is 1. The largest absolute Gasteiger partial charge is 0.481 e. The topological polar surface area (TPSA) is 37.4 Å². The van der Waals surface area contributed by atoms with E-state index in [1.807, 2.05) is 12.3 Å². The van der Waals surface area contributed by atoms with Crippen LogP contribution in [0.2, 0.25) is 0 Å². The normalized spacial score (nSPS) is 22.9. The van der Waals surface area contributed by atoms with Crippen LogP contribution in [0.3, 0.4) is 0 Å². The van der Waals surface area contributed by atoms with E-state index < -0.39 is 0 Å². The molecule has 116 valence electrons. The summed E-state index contributed by atoms with van der Waals surface area (Å²) in [5.41, 5.74) is 1.65. The molecule has 2 aliphatic rings. The first kappa shape index (κ1) is 14.8. The predicted octanol–water partition coefficient (Wildman–Crippen LogP) is 2.59. The maximum atomic E-state index is 5.13. The van der Waals surface area contributed by atoms with Crippen molar-refractivity contribution >= 4 is 0 Å². The molecule has 3 rings (SSSR count). The minimum Gasteiger partial charge on any atom is -0.481 e. The van der Waals surface area contributed by atoms with Gasteiger partial charge in [-0.3, -0.25) is 4.90 Å². The smallest absolute Gasteiger partial charge is 0.212 e. The lowest BCUT2D eigenvalue weighted by Gasteiger charge is -2.40. The lowest BCUT2D eigenvalue weighted by molar-refractivity contribution is 0.159. The lowest BCUT2D eigenvalue weighted by Crippen LogP contribution is -2.52. The van der Waals surface area contributed by atoms with Gasteiger partial charge in [-0.05, 0) is 37.9 Å². The van der Waals surface area contributed by atoms with Crippen molar-refractivity contribution in [2.75, 3.05) is 26.7 Å². The van der Waals surface area contributed by atoms with Crippen LogP contribution in [0, 0.1) is 0 Å². The second-order valence-electron chi connectivity index (χ2n) is 6.54. The highest BCUT2D eigenvalue weighted by Crippen LogP contribution is 2.30. The third-order valence-corrected chi connectivity index (χ3v) is 4.90. The Hall–Kier alpha value is -1.13. The summed E-state index contributed by atoms with van der Waals surface area (Å²) in [6.07, 6.45) is 10.0. The average Bonchev–Trinajstić information content (AvgIpc) is 2.71. The number of nitrogens with one attached hydrogen (secondary N) is 1. The van der Waals surface area contributed by atoms with Crippen LogP contribution in [0.5, 0.6) is 5.88 Å². The molecule has 1 aromatic rings. The van der Waals surface area contributed by atoms with E-state index in [9.17, 15) is 0 Å². The molecule has 0 amide bonds. The third-order valence-electron chi connectivity index (χ3n) is 4.90. The Kier molecular flexibility index (Phi) is 4.76. The fourth-order valence-corrected chi connectivity index (χ4v) is 3.80. The first-order valence-electron chi connectivity index (χ1n) is 8.26. The molecule has 4 nitrogen and oxygen atoms in total. The molecule has 1 aliphatic carbocycles. The van der Waals surface area contributed by atoms with Crippen molar-refractivity contribution in [2.24, 2.45) is 0 Å². The number of hydrogen-bond acceptors (Lipinski definition) is 4. The second kappa shape index (κ2) is 6.75. The van der Waals surface area contributed by atoms with E-state index in [2.05, 4.69) is 21.3 Å². The minimum absolute atomic E-state index is 0.370. The Labute approximate surface area is 127 Å². The molecule has 1 aliphatic heterocycles. The van der Waals surface area contributed by atoms with Crippen LogP contribution in [-0.2, 0) is 6.54 Å². The summed E-state index contributed by atoms with van der Waals surface area (Å²) in [6.45, 7) is 4.53. The van der Waals surface area contributed by atoms with E-state index >= 15 is 0 Å². The summed E-state index contributed by atoms with van der Waals surface area (Å²) < 4.78 is 5.13. The Morgan fingerprint density at radius 2 is 2.10 bits per heavy atom.